The molecule has 2 aromatic rings. The number of halogens is 1. The summed E-state index contributed by atoms with van der Waals surface area (Å²) in [6.45, 7) is 2.07. The van der Waals surface area contributed by atoms with Crippen LogP contribution in [0.3, 0.4) is 0 Å². The van der Waals surface area contributed by atoms with Crippen LogP contribution in [-0.2, 0) is 11.3 Å². The minimum absolute atomic E-state index is 0.0779. The molecule has 1 aliphatic rings. The van der Waals surface area contributed by atoms with Crippen molar-refractivity contribution in [1.82, 2.24) is 20.3 Å². The maximum absolute atomic E-state index is 12.3. The molecule has 3 unspecified atom stereocenters. The standard InChI is InChI=1S/C16H17ClN4O3/c1-9-6-12(9)15(10-2-4-11(17)5-3-10)18-14(22)8-21-7-13(16(23)24)19-20-21/h2-5,7,9,12,15H,6,8H2,1H3,(H,18,22)(H,23,24). The first-order chi connectivity index (χ1) is 11.4. The number of carbonyl (C=O) groups excluding carboxylic acids is 1. The quantitative estimate of drug-likeness (QED) is 0.833. The van der Waals surface area contributed by atoms with Gasteiger partial charge in [0.05, 0.1) is 12.2 Å². The van der Waals surface area contributed by atoms with Crippen LogP contribution in [-0.4, -0.2) is 32.0 Å². The average molecular weight is 349 g/mol. The van der Waals surface area contributed by atoms with Crippen molar-refractivity contribution in [2.24, 2.45) is 11.8 Å². The highest BCUT2D eigenvalue weighted by atomic mass is 35.5. The van der Waals surface area contributed by atoms with Crippen LogP contribution in [0.1, 0.15) is 35.4 Å². The van der Waals surface area contributed by atoms with Gasteiger partial charge in [0, 0.05) is 5.02 Å². The second kappa shape index (κ2) is 6.60. The number of benzene rings is 1. The van der Waals surface area contributed by atoms with Gasteiger partial charge in [-0.3, -0.25) is 4.79 Å². The molecule has 1 heterocycles. The summed E-state index contributed by atoms with van der Waals surface area (Å²) in [6, 6.07) is 7.35. The Balaban J connectivity index is 1.69. The van der Waals surface area contributed by atoms with Crippen molar-refractivity contribution in [2.75, 3.05) is 0 Å². The fourth-order valence-corrected chi connectivity index (χ4v) is 2.89. The second-order valence-electron chi connectivity index (χ2n) is 6.08. The number of carboxylic acids is 1. The van der Waals surface area contributed by atoms with Crippen LogP contribution in [0.2, 0.25) is 5.02 Å². The summed E-state index contributed by atoms with van der Waals surface area (Å²) in [7, 11) is 0. The Labute approximate surface area is 143 Å². The predicted octanol–water partition coefficient (Wildman–Crippen LogP) is 2.14. The van der Waals surface area contributed by atoms with Crippen molar-refractivity contribution < 1.29 is 14.7 Å². The van der Waals surface area contributed by atoms with Gasteiger partial charge in [-0.15, -0.1) is 5.10 Å². The number of nitrogens with one attached hydrogen (secondary N) is 1. The van der Waals surface area contributed by atoms with Gasteiger partial charge in [0.15, 0.2) is 5.69 Å². The molecule has 0 saturated heterocycles. The highest BCUT2D eigenvalue weighted by Gasteiger charge is 2.40. The zero-order valence-electron chi connectivity index (χ0n) is 13.0. The van der Waals surface area contributed by atoms with Crippen molar-refractivity contribution in [3.63, 3.8) is 0 Å². The molecule has 7 nitrogen and oxygen atoms in total. The third-order valence-electron chi connectivity index (χ3n) is 4.21. The smallest absolute Gasteiger partial charge is 0.358 e. The molecule has 0 bridgehead atoms. The first-order valence-electron chi connectivity index (χ1n) is 7.62. The lowest BCUT2D eigenvalue weighted by Crippen LogP contribution is -2.33. The summed E-state index contributed by atoms with van der Waals surface area (Å²) >= 11 is 5.93. The van der Waals surface area contributed by atoms with Gasteiger partial charge in [0.1, 0.15) is 6.54 Å². The Morgan fingerprint density at radius 3 is 2.62 bits per heavy atom. The normalized spacial score (nSPS) is 20.4. The van der Waals surface area contributed by atoms with Gasteiger partial charge in [-0.2, -0.15) is 0 Å². The molecule has 24 heavy (non-hydrogen) atoms. The maximum atomic E-state index is 12.3. The van der Waals surface area contributed by atoms with Gasteiger partial charge < -0.3 is 10.4 Å². The number of rotatable bonds is 6. The van der Waals surface area contributed by atoms with E-state index in [1.807, 2.05) is 12.1 Å². The van der Waals surface area contributed by atoms with E-state index >= 15 is 0 Å². The maximum Gasteiger partial charge on any atom is 0.358 e. The molecule has 1 aromatic carbocycles. The van der Waals surface area contributed by atoms with Gasteiger partial charge in [-0.1, -0.05) is 35.9 Å². The number of amides is 1. The van der Waals surface area contributed by atoms with Crippen LogP contribution in [0.4, 0.5) is 0 Å². The van der Waals surface area contributed by atoms with E-state index in [-0.39, 0.29) is 24.2 Å². The fourth-order valence-electron chi connectivity index (χ4n) is 2.76. The van der Waals surface area contributed by atoms with Crippen LogP contribution in [0.15, 0.2) is 30.5 Å². The summed E-state index contributed by atoms with van der Waals surface area (Å²) < 4.78 is 1.22. The number of aromatic nitrogens is 3. The Kier molecular flexibility index (Phi) is 4.53. The first kappa shape index (κ1) is 16.4. The van der Waals surface area contributed by atoms with E-state index in [4.69, 9.17) is 16.7 Å². The summed E-state index contributed by atoms with van der Waals surface area (Å²) in [5.74, 6) is -0.472. The van der Waals surface area contributed by atoms with Gasteiger partial charge in [-0.25, -0.2) is 9.48 Å². The van der Waals surface area contributed by atoms with E-state index in [2.05, 4.69) is 22.6 Å². The molecule has 3 rings (SSSR count). The summed E-state index contributed by atoms with van der Waals surface area (Å²) in [5.41, 5.74) is 0.819. The van der Waals surface area contributed by atoms with Crippen molar-refractivity contribution in [2.45, 2.75) is 25.9 Å². The lowest BCUT2D eigenvalue weighted by atomic mass is 10.0. The highest BCUT2D eigenvalue weighted by Crippen LogP contribution is 2.47. The molecule has 0 aliphatic heterocycles. The number of hydrogen-bond acceptors (Lipinski definition) is 4. The Morgan fingerprint density at radius 2 is 2.08 bits per heavy atom. The number of nitrogens with zero attached hydrogens (tertiary/aromatic N) is 3. The van der Waals surface area contributed by atoms with E-state index < -0.39 is 5.97 Å². The van der Waals surface area contributed by atoms with Crippen LogP contribution >= 0.6 is 11.6 Å². The Hall–Kier alpha value is -2.41. The van der Waals surface area contributed by atoms with E-state index in [1.165, 1.54) is 10.9 Å². The van der Waals surface area contributed by atoms with Crippen LogP contribution in [0, 0.1) is 11.8 Å². The van der Waals surface area contributed by atoms with Crippen LogP contribution in [0.25, 0.3) is 0 Å². The minimum Gasteiger partial charge on any atom is -0.476 e. The van der Waals surface area contributed by atoms with E-state index in [9.17, 15) is 9.59 Å². The van der Waals surface area contributed by atoms with Gasteiger partial charge in [0.25, 0.3) is 0 Å². The highest BCUT2D eigenvalue weighted by molar-refractivity contribution is 6.30. The second-order valence-corrected chi connectivity index (χ2v) is 6.52. The SMILES string of the molecule is CC1CC1C(NC(=O)Cn1cc(C(=O)O)nn1)c1ccc(Cl)cc1. The monoisotopic (exact) mass is 348 g/mol. The molecule has 1 fully saturated rings. The summed E-state index contributed by atoms with van der Waals surface area (Å²) in [5, 5.41) is 19.6. The molecule has 126 valence electrons. The van der Waals surface area contributed by atoms with Crippen molar-refractivity contribution in [1.29, 1.82) is 0 Å². The molecule has 1 aromatic heterocycles. The predicted molar refractivity (Wildman–Crippen MR) is 86.6 cm³/mol. The molecule has 0 spiro atoms. The van der Waals surface area contributed by atoms with Gasteiger partial charge in [0.2, 0.25) is 5.91 Å². The lowest BCUT2D eigenvalue weighted by molar-refractivity contribution is -0.122. The third kappa shape index (κ3) is 3.73. The first-order valence-corrected chi connectivity index (χ1v) is 8.00. The zero-order chi connectivity index (χ0) is 17.3. The van der Waals surface area contributed by atoms with Crippen LogP contribution < -0.4 is 5.32 Å². The zero-order valence-corrected chi connectivity index (χ0v) is 13.8. The average Bonchev–Trinajstić information content (AvgIpc) is 3.06. The molecule has 3 atom stereocenters. The van der Waals surface area contributed by atoms with Crippen LogP contribution in [0.5, 0.6) is 0 Å². The minimum atomic E-state index is -1.17. The number of carbonyl (C=O) groups is 2. The number of hydrogen-bond donors (Lipinski definition) is 2. The molecular formula is C16H17ClN4O3. The lowest BCUT2D eigenvalue weighted by Gasteiger charge is -2.19. The Morgan fingerprint density at radius 1 is 1.42 bits per heavy atom. The van der Waals surface area contributed by atoms with Gasteiger partial charge >= 0.3 is 5.97 Å². The summed E-state index contributed by atoms with van der Waals surface area (Å²) in [6.07, 6.45) is 2.29. The largest absolute Gasteiger partial charge is 0.476 e. The molecule has 8 heteroatoms. The number of aromatic carboxylic acids is 1. The summed E-state index contributed by atoms with van der Waals surface area (Å²) in [4.78, 5) is 23.1. The molecule has 2 N–H and O–H groups in total. The third-order valence-corrected chi connectivity index (χ3v) is 4.46. The van der Waals surface area contributed by atoms with E-state index in [1.54, 1.807) is 12.1 Å². The van der Waals surface area contributed by atoms with Gasteiger partial charge in [-0.05, 0) is 36.0 Å². The molecule has 1 aliphatic carbocycles. The molecule has 1 saturated carbocycles. The van der Waals surface area contributed by atoms with Crippen molar-refractivity contribution in [3.8, 4) is 0 Å². The van der Waals surface area contributed by atoms with E-state index in [0.717, 1.165) is 12.0 Å². The molecular weight excluding hydrogens is 332 g/mol. The molecule has 0 radical (unpaired) electrons. The number of carboxylic acid groups (broad SMARTS) is 1. The van der Waals surface area contributed by atoms with Crippen molar-refractivity contribution >= 4 is 23.5 Å². The topological polar surface area (TPSA) is 97.1 Å². The van der Waals surface area contributed by atoms with Crippen molar-refractivity contribution in [3.05, 3.63) is 46.7 Å². The Bertz CT molecular complexity index is 759. The van der Waals surface area contributed by atoms with E-state index in [0.29, 0.717) is 16.9 Å². The fraction of sp³-hybridized carbons (Fsp3) is 0.375. The molecule has 1 amide bonds.